The predicted octanol–water partition coefficient (Wildman–Crippen LogP) is 2.13. The van der Waals surface area contributed by atoms with E-state index in [4.69, 9.17) is 0 Å². The summed E-state index contributed by atoms with van der Waals surface area (Å²) in [6.07, 6.45) is 1.88. The zero-order chi connectivity index (χ0) is 11.1. The third-order valence-electron chi connectivity index (χ3n) is 2.15. The molecule has 1 N–H and O–H groups in total. The van der Waals surface area contributed by atoms with Crippen LogP contribution in [-0.2, 0) is 13.1 Å². The summed E-state index contributed by atoms with van der Waals surface area (Å²) in [5.74, 6) is 2.33. The Hall–Kier alpha value is -0.480. The standard InChI is InChI=1S/C11H21N3S/c1-4-15-8-7-14-11(5-6-13-14)9-12-10(2)3/h5-6,10,12H,4,7-9H2,1-3H3. The molecule has 86 valence electrons. The van der Waals surface area contributed by atoms with E-state index in [1.54, 1.807) is 0 Å². The maximum absolute atomic E-state index is 4.33. The molecule has 4 heteroatoms. The third-order valence-corrected chi connectivity index (χ3v) is 3.03. The Bertz CT molecular complexity index is 271. The smallest absolute Gasteiger partial charge is 0.0522 e. The van der Waals surface area contributed by atoms with Crippen molar-refractivity contribution in [1.29, 1.82) is 0 Å². The molecule has 3 nitrogen and oxygen atoms in total. The first-order valence-electron chi connectivity index (χ1n) is 5.55. The minimum absolute atomic E-state index is 0.526. The highest BCUT2D eigenvalue weighted by Gasteiger charge is 2.02. The van der Waals surface area contributed by atoms with Gasteiger partial charge >= 0.3 is 0 Å². The second-order valence-electron chi connectivity index (χ2n) is 3.78. The SMILES string of the molecule is CCSCCn1nccc1CNC(C)C. The average molecular weight is 227 g/mol. The molecular formula is C11H21N3S. The Morgan fingerprint density at radius 1 is 1.53 bits per heavy atom. The van der Waals surface area contributed by atoms with Crippen LogP contribution in [0.2, 0.25) is 0 Å². The van der Waals surface area contributed by atoms with Crippen LogP contribution in [0.25, 0.3) is 0 Å². The quantitative estimate of drug-likeness (QED) is 0.724. The number of nitrogens with one attached hydrogen (secondary N) is 1. The lowest BCUT2D eigenvalue weighted by Gasteiger charge is -2.10. The molecule has 0 aromatic carbocycles. The topological polar surface area (TPSA) is 29.9 Å². The van der Waals surface area contributed by atoms with E-state index in [1.165, 1.54) is 11.4 Å². The predicted molar refractivity (Wildman–Crippen MR) is 67.2 cm³/mol. The van der Waals surface area contributed by atoms with Crippen LogP contribution in [-0.4, -0.2) is 27.3 Å². The van der Waals surface area contributed by atoms with Gasteiger partial charge in [-0.3, -0.25) is 4.68 Å². The van der Waals surface area contributed by atoms with Crippen LogP contribution in [0.15, 0.2) is 12.3 Å². The van der Waals surface area contributed by atoms with E-state index < -0.39 is 0 Å². The highest BCUT2D eigenvalue weighted by Crippen LogP contribution is 2.03. The van der Waals surface area contributed by atoms with Crippen molar-refractivity contribution in [3.05, 3.63) is 18.0 Å². The van der Waals surface area contributed by atoms with Gasteiger partial charge in [0.2, 0.25) is 0 Å². The summed E-state index contributed by atoms with van der Waals surface area (Å²) in [5.41, 5.74) is 1.28. The van der Waals surface area contributed by atoms with E-state index in [2.05, 4.69) is 41.9 Å². The molecule has 0 aliphatic carbocycles. The van der Waals surface area contributed by atoms with E-state index in [9.17, 15) is 0 Å². The summed E-state index contributed by atoms with van der Waals surface area (Å²) < 4.78 is 2.10. The van der Waals surface area contributed by atoms with Gasteiger partial charge in [-0.25, -0.2) is 0 Å². The molecule has 0 aliphatic heterocycles. The maximum Gasteiger partial charge on any atom is 0.0522 e. The second kappa shape index (κ2) is 6.90. The fourth-order valence-electron chi connectivity index (χ4n) is 1.32. The molecule has 0 saturated heterocycles. The van der Waals surface area contributed by atoms with Gasteiger partial charge in [0.05, 0.1) is 12.2 Å². The summed E-state index contributed by atoms with van der Waals surface area (Å²) in [7, 11) is 0. The molecule has 0 atom stereocenters. The average Bonchev–Trinajstić information content (AvgIpc) is 2.63. The van der Waals surface area contributed by atoms with E-state index in [1.807, 2.05) is 18.0 Å². The first kappa shape index (κ1) is 12.6. The van der Waals surface area contributed by atoms with E-state index in [0.717, 1.165) is 18.8 Å². The van der Waals surface area contributed by atoms with Crippen molar-refractivity contribution >= 4 is 11.8 Å². The van der Waals surface area contributed by atoms with Crippen molar-refractivity contribution in [2.45, 2.75) is 39.9 Å². The normalized spacial score (nSPS) is 11.2. The molecule has 0 unspecified atom stereocenters. The number of hydrogen-bond acceptors (Lipinski definition) is 3. The molecule has 0 amide bonds. The molecule has 0 bridgehead atoms. The van der Waals surface area contributed by atoms with Crippen molar-refractivity contribution in [3.8, 4) is 0 Å². The van der Waals surface area contributed by atoms with Gasteiger partial charge in [0.1, 0.15) is 0 Å². The van der Waals surface area contributed by atoms with Crippen molar-refractivity contribution in [2.75, 3.05) is 11.5 Å². The molecule has 0 saturated carbocycles. The van der Waals surface area contributed by atoms with Crippen molar-refractivity contribution < 1.29 is 0 Å². The summed E-state index contributed by atoms with van der Waals surface area (Å²) in [6, 6.07) is 2.62. The number of nitrogens with zero attached hydrogens (tertiary/aromatic N) is 2. The lowest BCUT2D eigenvalue weighted by atomic mass is 10.3. The fraction of sp³-hybridized carbons (Fsp3) is 0.727. The van der Waals surface area contributed by atoms with Gasteiger partial charge in [-0.2, -0.15) is 16.9 Å². The number of hydrogen-bond donors (Lipinski definition) is 1. The van der Waals surface area contributed by atoms with Gasteiger partial charge in [0.25, 0.3) is 0 Å². The minimum atomic E-state index is 0.526. The number of aryl methyl sites for hydroxylation is 1. The fourth-order valence-corrected chi connectivity index (χ4v) is 1.91. The molecule has 1 rings (SSSR count). The lowest BCUT2D eigenvalue weighted by molar-refractivity contribution is 0.542. The largest absolute Gasteiger partial charge is 0.309 e. The Kier molecular flexibility index (Phi) is 5.79. The highest BCUT2D eigenvalue weighted by molar-refractivity contribution is 7.99. The van der Waals surface area contributed by atoms with Gasteiger partial charge < -0.3 is 5.32 Å². The molecule has 0 radical (unpaired) electrons. The first-order valence-corrected chi connectivity index (χ1v) is 6.71. The molecule has 0 fully saturated rings. The number of thioether (sulfide) groups is 1. The molecule has 1 aromatic heterocycles. The van der Waals surface area contributed by atoms with E-state index >= 15 is 0 Å². The number of rotatable bonds is 7. The zero-order valence-corrected chi connectivity index (χ0v) is 10.7. The Balaban J connectivity index is 2.39. The highest BCUT2D eigenvalue weighted by atomic mass is 32.2. The van der Waals surface area contributed by atoms with Gasteiger partial charge in [-0.05, 0) is 11.8 Å². The Morgan fingerprint density at radius 2 is 2.33 bits per heavy atom. The minimum Gasteiger partial charge on any atom is -0.309 e. The van der Waals surface area contributed by atoms with E-state index in [0.29, 0.717) is 6.04 Å². The van der Waals surface area contributed by atoms with Crippen molar-refractivity contribution in [1.82, 2.24) is 15.1 Å². The zero-order valence-electron chi connectivity index (χ0n) is 9.86. The van der Waals surface area contributed by atoms with Crippen LogP contribution in [0.5, 0.6) is 0 Å². The van der Waals surface area contributed by atoms with Crippen LogP contribution < -0.4 is 5.32 Å². The molecule has 1 heterocycles. The monoisotopic (exact) mass is 227 g/mol. The van der Waals surface area contributed by atoms with Gasteiger partial charge in [0, 0.05) is 24.5 Å². The first-order chi connectivity index (χ1) is 7.24. The summed E-state index contributed by atoms with van der Waals surface area (Å²) in [4.78, 5) is 0. The summed E-state index contributed by atoms with van der Waals surface area (Å²) in [5, 5.41) is 7.74. The van der Waals surface area contributed by atoms with Crippen LogP contribution in [0.1, 0.15) is 26.5 Å². The second-order valence-corrected chi connectivity index (χ2v) is 5.17. The molecule has 0 spiro atoms. The Labute approximate surface area is 96.6 Å². The third kappa shape index (κ3) is 4.71. The van der Waals surface area contributed by atoms with E-state index in [-0.39, 0.29) is 0 Å². The summed E-state index contributed by atoms with van der Waals surface area (Å²) >= 11 is 1.96. The van der Waals surface area contributed by atoms with Crippen molar-refractivity contribution in [3.63, 3.8) is 0 Å². The van der Waals surface area contributed by atoms with Gasteiger partial charge in [-0.15, -0.1) is 0 Å². The molecule has 1 aromatic rings. The van der Waals surface area contributed by atoms with Gasteiger partial charge in [-0.1, -0.05) is 20.8 Å². The molecular weight excluding hydrogens is 206 g/mol. The number of aromatic nitrogens is 2. The Morgan fingerprint density at radius 3 is 3.00 bits per heavy atom. The van der Waals surface area contributed by atoms with Crippen LogP contribution in [0.3, 0.4) is 0 Å². The maximum atomic E-state index is 4.33. The van der Waals surface area contributed by atoms with Crippen LogP contribution >= 0.6 is 11.8 Å². The lowest BCUT2D eigenvalue weighted by Crippen LogP contribution is -2.24. The summed E-state index contributed by atoms with van der Waals surface area (Å²) in [6.45, 7) is 8.44. The van der Waals surface area contributed by atoms with Crippen LogP contribution in [0, 0.1) is 0 Å². The molecule has 15 heavy (non-hydrogen) atoms. The molecule has 0 aliphatic rings. The van der Waals surface area contributed by atoms with Crippen molar-refractivity contribution in [2.24, 2.45) is 0 Å². The van der Waals surface area contributed by atoms with Crippen LogP contribution in [0.4, 0.5) is 0 Å². The van der Waals surface area contributed by atoms with Gasteiger partial charge in [0.15, 0.2) is 0 Å².